The summed E-state index contributed by atoms with van der Waals surface area (Å²) >= 11 is 12.5. The molecule has 2 aromatic carbocycles. The standard InChI is InChI=1S/C21H17Cl2N3O3/c1-28-14-5-6-15-13(12-29-19(15)10-14)9-21(27)25-20-7-8-24-26(20)11-16-17(22)3-2-4-18(16)23/h2-8,10,12H,9,11H2,1H3,(H,25,27). The van der Waals surface area contributed by atoms with E-state index in [9.17, 15) is 4.79 Å². The first-order chi connectivity index (χ1) is 14.0. The van der Waals surface area contributed by atoms with E-state index in [1.807, 2.05) is 12.1 Å². The molecule has 0 saturated heterocycles. The molecule has 1 amide bonds. The Morgan fingerprint density at radius 1 is 1.21 bits per heavy atom. The van der Waals surface area contributed by atoms with Crippen molar-refractivity contribution in [3.8, 4) is 5.75 Å². The van der Waals surface area contributed by atoms with Crippen LogP contribution in [0.5, 0.6) is 5.75 Å². The Hall–Kier alpha value is -2.96. The van der Waals surface area contributed by atoms with Gasteiger partial charge in [-0.15, -0.1) is 0 Å². The highest BCUT2D eigenvalue weighted by Crippen LogP contribution is 2.27. The summed E-state index contributed by atoms with van der Waals surface area (Å²) in [5.74, 6) is 1.07. The fraction of sp³-hybridized carbons (Fsp3) is 0.143. The molecule has 148 valence electrons. The minimum absolute atomic E-state index is 0.164. The molecule has 0 radical (unpaired) electrons. The van der Waals surface area contributed by atoms with E-state index in [0.29, 0.717) is 33.7 Å². The van der Waals surface area contributed by atoms with Crippen LogP contribution in [-0.4, -0.2) is 22.8 Å². The topological polar surface area (TPSA) is 69.3 Å². The molecule has 2 aromatic heterocycles. The third-order valence-corrected chi connectivity index (χ3v) is 5.28. The normalized spacial score (nSPS) is 11.0. The lowest BCUT2D eigenvalue weighted by atomic mass is 10.1. The van der Waals surface area contributed by atoms with Gasteiger partial charge in [-0.25, -0.2) is 4.68 Å². The van der Waals surface area contributed by atoms with Crippen LogP contribution in [0.4, 0.5) is 5.82 Å². The lowest BCUT2D eigenvalue weighted by molar-refractivity contribution is -0.115. The molecule has 0 aliphatic carbocycles. The maximum atomic E-state index is 12.6. The van der Waals surface area contributed by atoms with Gasteiger partial charge >= 0.3 is 0 Å². The Balaban J connectivity index is 1.49. The zero-order valence-electron chi connectivity index (χ0n) is 15.5. The highest BCUT2D eigenvalue weighted by Gasteiger charge is 2.14. The highest BCUT2D eigenvalue weighted by atomic mass is 35.5. The largest absolute Gasteiger partial charge is 0.497 e. The SMILES string of the molecule is COc1ccc2c(CC(=O)Nc3ccnn3Cc3c(Cl)cccc3Cl)coc2c1. The number of fused-ring (bicyclic) bond motifs is 1. The van der Waals surface area contributed by atoms with E-state index in [4.69, 9.17) is 32.4 Å². The van der Waals surface area contributed by atoms with Crippen molar-refractivity contribution in [2.75, 3.05) is 12.4 Å². The van der Waals surface area contributed by atoms with E-state index < -0.39 is 0 Å². The van der Waals surface area contributed by atoms with Crippen LogP contribution in [0, 0.1) is 0 Å². The first-order valence-electron chi connectivity index (χ1n) is 8.84. The number of carbonyl (C=O) groups is 1. The second kappa shape index (κ2) is 8.19. The predicted octanol–water partition coefficient (Wildman–Crippen LogP) is 5.17. The molecular weight excluding hydrogens is 413 g/mol. The third-order valence-electron chi connectivity index (χ3n) is 4.57. The molecule has 0 bridgehead atoms. The summed E-state index contributed by atoms with van der Waals surface area (Å²) in [7, 11) is 1.59. The van der Waals surface area contributed by atoms with Gasteiger partial charge in [0.05, 0.1) is 32.5 Å². The van der Waals surface area contributed by atoms with Gasteiger partial charge in [0, 0.05) is 38.7 Å². The molecule has 0 saturated carbocycles. The van der Waals surface area contributed by atoms with Crippen LogP contribution in [0.2, 0.25) is 10.0 Å². The number of halogens is 2. The fourth-order valence-electron chi connectivity index (χ4n) is 3.09. The van der Waals surface area contributed by atoms with Crippen LogP contribution in [0.15, 0.2) is 59.3 Å². The average Bonchev–Trinajstić information content (AvgIpc) is 3.31. The van der Waals surface area contributed by atoms with Crippen molar-refractivity contribution < 1.29 is 13.9 Å². The fourth-order valence-corrected chi connectivity index (χ4v) is 3.60. The minimum Gasteiger partial charge on any atom is -0.497 e. The zero-order chi connectivity index (χ0) is 20.4. The number of anilines is 1. The van der Waals surface area contributed by atoms with Crippen LogP contribution >= 0.6 is 23.2 Å². The molecule has 1 N–H and O–H groups in total. The van der Waals surface area contributed by atoms with Crippen molar-refractivity contribution in [2.45, 2.75) is 13.0 Å². The van der Waals surface area contributed by atoms with Crippen molar-refractivity contribution in [3.05, 3.63) is 76.1 Å². The molecule has 6 nitrogen and oxygen atoms in total. The number of furan rings is 1. The highest BCUT2D eigenvalue weighted by molar-refractivity contribution is 6.36. The monoisotopic (exact) mass is 429 g/mol. The number of amides is 1. The van der Waals surface area contributed by atoms with Gasteiger partial charge in [0.1, 0.15) is 17.2 Å². The number of hydrogen-bond acceptors (Lipinski definition) is 4. The van der Waals surface area contributed by atoms with Crippen LogP contribution in [0.1, 0.15) is 11.1 Å². The Morgan fingerprint density at radius 3 is 2.76 bits per heavy atom. The number of rotatable bonds is 6. The van der Waals surface area contributed by atoms with E-state index >= 15 is 0 Å². The Labute approximate surface area is 177 Å². The number of benzene rings is 2. The van der Waals surface area contributed by atoms with Crippen molar-refractivity contribution in [2.24, 2.45) is 0 Å². The van der Waals surface area contributed by atoms with Gasteiger partial charge < -0.3 is 14.5 Å². The van der Waals surface area contributed by atoms with Gasteiger partial charge in [-0.2, -0.15) is 5.10 Å². The van der Waals surface area contributed by atoms with Gasteiger partial charge in [0.15, 0.2) is 0 Å². The lowest BCUT2D eigenvalue weighted by Gasteiger charge is -2.11. The van der Waals surface area contributed by atoms with Crippen molar-refractivity contribution in [3.63, 3.8) is 0 Å². The second-order valence-electron chi connectivity index (χ2n) is 6.42. The molecule has 0 aliphatic heterocycles. The first kappa shape index (κ1) is 19.4. The van der Waals surface area contributed by atoms with Gasteiger partial charge in [-0.1, -0.05) is 29.3 Å². The van der Waals surface area contributed by atoms with Crippen molar-refractivity contribution >= 4 is 45.9 Å². The van der Waals surface area contributed by atoms with Crippen LogP contribution < -0.4 is 10.1 Å². The maximum Gasteiger partial charge on any atom is 0.230 e. The van der Waals surface area contributed by atoms with Crippen molar-refractivity contribution in [1.82, 2.24) is 9.78 Å². The first-order valence-corrected chi connectivity index (χ1v) is 9.59. The minimum atomic E-state index is -0.185. The number of carbonyl (C=O) groups excluding carboxylic acids is 1. The molecule has 0 fully saturated rings. The molecule has 8 heteroatoms. The quantitative estimate of drug-likeness (QED) is 0.458. The number of hydrogen-bond donors (Lipinski definition) is 1. The van der Waals surface area contributed by atoms with E-state index in [-0.39, 0.29) is 12.3 Å². The third kappa shape index (κ3) is 4.09. The van der Waals surface area contributed by atoms with Crippen LogP contribution in [0.25, 0.3) is 11.0 Å². The molecular formula is C21H17Cl2N3O3. The number of nitrogens with one attached hydrogen (secondary N) is 1. The predicted molar refractivity (Wildman–Crippen MR) is 113 cm³/mol. The van der Waals surface area contributed by atoms with Gasteiger partial charge in [0.25, 0.3) is 0 Å². The number of methoxy groups -OCH3 is 1. The van der Waals surface area contributed by atoms with Gasteiger partial charge in [-0.3, -0.25) is 4.79 Å². The Bertz CT molecular complexity index is 1160. The summed E-state index contributed by atoms with van der Waals surface area (Å²) in [5, 5.41) is 9.12. The molecule has 0 atom stereocenters. The summed E-state index contributed by atoms with van der Waals surface area (Å²) in [4.78, 5) is 12.6. The van der Waals surface area contributed by atoms with E-state index in [2.05, 4.69) is 10.4 Å². The summed E-state index contributed by atoms with van der Waals surface area (Å²) in [6.45, 7) is 0.343. The molecule has 0 aliphatic rings. The number of nitrogens with zero attached hydrogens (tertiary/aromatic N) is 2. The van der Waals surface area contributed by atoms with Crippen LogP contribution in [-0.2, 0) is 17.8 Å². The average molecular weight is 430 g/mol. The summed E-state index contributed by atoms with van der Waals surface area (Å²) in [5.41, 5.74) is 2.20. The van der Waals surface area contributed by atoms with E-state index in [0.717, 1.165) is 16.5 Å². The smallest absolute Gasteiger partial charge is 0.230 e. The summed E-state index contributed by atoms with van der Waals surface area (Å²) < 4.78 is 12.4. The Morgan fingerprint density at radius 2 is 2.00 bits per heavy atom. The molecule has 0 unspecified atom stereocenters. The van der Waals surface area contributed by atoms with Gasteiger partial charge in [0.2, 0.25) is 5.91 Å². The molecule has 29 heavy (non-hydrogen) atoms. The van der Waals surface area contributed by atoms with Crippen molar-refractivity contribution in [1.29, 1.82) is 0 Å². The summed E-state index contributed by atoms with van der Waals surface area (Å²) in [6, 6.07) is 12.5. The van der Waals surface area contributed by atoms with Crippen LogP contribution in [0.3, 0.4) is 0 Å². The molecule has 2 heterocycles. The Kier molecular flexibility index (Phi) is 5.47. The second-order valence-corrected chi connectivity index (χ2v) is 7.24. The van der Waals surface area contributed by atoms with Gasteiger partial charge in [-0.05, 0) is 24.3 Å². The molecule has 0 spiro atoms. The number of aromatic nitrogens is 2. The lowest BCUT2D eigenvalue weighted by Crippen LogP contribution is -2.18. The molecule has 4 rings (SSSR count). The maximum absolute atomic E-state index is 12.6. The van der Waals surface area contributed by atoms with E-state index in [1.165, 1.54) is 0 Å². The molecule has 4 aromatic rings. The zero-order valence-corrected chi connectivity index (χ0v) is 17.0. The summed E-state index contributed by atoms with van der Waals surface area (Å²) in [6.07, 6.45) is 3.36. The van der Waals surface area contributed by atoms with E-state index in [1.54, 1.807) is 54.6 Å². The number of ether oxygens (including phenoxy) is 1.